The number of hydrogen-bond donors (Lipinski definition) is 0. The van der Waals surface area contributed by atoms with Crippen molar-refractivity contribution in [3.63, 3.8) is 0 Å². The molecular weight excluding hydrogens is 363 g/mol. The lowest BCUT2D eigenvalue weighted by atomic mass is 10.1. The summed E-state index contributed by atoms with van der Waals surface area (Å²) in [6.07, 6.45) is 9.32. The van der Waals surface area contributed by atoms with E-state index in [0.717, 1.165) is 26.0 Å². The quantitative estimate of drug-likeness (QED) is 0.728. The Morgan fingerprint density at radius 1 is 1.25 bits per heavy atom. The molecule has 4 heteroatoms. The topological polar surface area (TPSA) is 27.1 Å². The summed E-state index contributed by atoms with van der Waals surface area (Å²) in [7, 11) is 0. The Morgan fingerprint density at radius 3 is 2.85 bits per heavy atom. The molecule has 1 fully saturated rings. The van der Waals surface area contributed by atoms with E-state index in [9.17, 15) is 0 Å². The molecule has 1 atom stereocenters. The molecule has 1 unspecified atom stereocenters. The van der Waals surface area contributed by atoms with Crippen LogP contribution in [0.5, 0.6) is 0 Å². The minimum absolute atomic E-state index is 0.487. The van der Waals surface area contributed by atoms with Crippen LogP contribution in [-0.4, -0.2) is 22.5 Å². The minimum Gasteiger partial charge on any atom is -0.378 e. The monoisotopic (exact) mass is 382 g/mol. The minimum atomic E-state index is 0.487. The van der Waals surface area contributed by atoms with E-state index < -0.39 is 0 Å². The van der Waals surface area contributed by atoms with E-state index in [1.807, 2.05) is 10.9 Å². The number of aryl methyl sites for hydroxylation is 1. The Kier molecular flexibility index (Phi) is 4.73. The summed E-state index contributed by atoms with van der Waals surface area (Å²) in [5.41, 5.74) is 2.43. The van der Waals surface area contributed by atoms with Crippen LogP contribution in [0.2, 0.25) is 0 Å². The molecule has 0 spiro atoms. The predicted molar refractivity (Wildman–Crippen MR) is 88.6 cm³/mol. The van der Waals surface area contributed by atoms with E-state index in [2.05, 4.69) is 58.2 Å². The molecular formula is C16H19IN2O. The third kappa shape index (κ3) is 3.61. The number of benzene rings is 1. The predicted octanol–water partition coefficient (Wildman–Crippen LogP) is 4.11. The van der Waals surface area contributed by atoms with Crippen molar-refractivity contribution in [2.24, 2.45) is 0 Å². The van der Waals surface area contributed by atoms with Gasteiger partial charge in [-0.15, -0.1) is 0 Å². The zero-order chi connectivity index (χ0) is 13.8. The maximum atomic E-state index is 5.65. The first-order valence-corrected chi connectivity index (χ1v) is 8.29. The molecule has 3 rings (SSSR count). The highest BCUT2D eigenvalue weighted by molar-refractivity contribution is 14.1. The number of halogens is 1. The summed E-state index contributed by atoms with van der Waals surface area (Å²) in [5.74, 6) is 0. The van der Waals surface area contributed by atoms with E-state index in [4.69, 9.17) is 4.74 Å². The molecule has 1 aliphatic heterocycles. The van der Waals surface area contributed by atoms with Gasteiger partial charge in [0.1, 0.15) is 0 Å². The second kappa shape index (κ2) is 6.72. The Morgan fingerprint density at radius 2 is 2.10 bits per heavy atom. The lowest BCUT2D eigenvalue weighted by Gasteiger charge is -2.08. The molecule has 1 aromatic carbocycles. The zero-order valence-electron chi connectivity index (χ0n) is 11.5. The van der Waals surface area contributed by atoms with Crippen molar-refractivity contribution in [3.05, 3.63) is 40.2 Å². The molecule has 3 nitrogen and oxygen atoms in total. The smallest absolute Gasteiger partial charge is 0.0576 e. The molecule has 0 amide bonds. The van der Waals surface area contributed by atoms with E-state index >= 15 is 0 Å². The Hall–Kier alpha value is -0.880. The van der Waals surface area contributed by atoms with Crippen LogP contribution in [0.3, 0.4) is 0 Å². The molecule has 1 aliphatic rings. The first kappa shape index (κ1) is 14.1. The van der Waals surface area contributed by atoms with Gasteiger partial charge < -0.3 is 4.74 Å². The molecule has 2 aromatic rings. The van der Waals surface area contributed by atoms with Gasteiger partial charge in [-0.25, -0.2) is 0 Å². The van der Waals surface area contributed by atoms with Gasteiger partial charge in [0.05, 0.1) is 12.3 Å². The van der Waals surface area contributed by atoms with Gasteiger partial charge in [0, 0.05) is 28.5 Å². The fraction of sp³-hybridized carbons (Fsp3) is 0.438. The van der Waals surface area contributed by atoms with Gasteiger partial charge in [0.2, 0.25) is 0 Å². The average Bonchev–Trinajstić information content (AvgIpc) is 3.11. The van der Waals surface area contributed by atoms with Crippen LogP contribution in [0.4, 0.5) is 0 Å². The van der Waals surface area contributed by atoms with Crippen LogP contribution < -0.4 is 0 Å². The summed E-state index contributed by atoms with van der Waals surface area (Å²) in [5, 5.41) is 4.45. The van der Waals surface area contributed by atoms with Crippen LogP contribution in [0, 0.1) is 3.57 Å². The van der Waals surface area contributed by atoms with E-state index in [1.165, 1.54) is 27.5 Å². The maximum Gasteiger partial charge on any atom is 0.0576 e. The fourth-order valence-corrected chi connectivity index (χ4v) is 2.99. The highest BCUT2D eigenvalue weighted by Crippen LogP contribution is 2.20. The van der Waals surface area contributed by atoms with Crippen LogP contribution in [0.1, 0.15) is 25.7 Å². The molecule has 1 aromatic heterocycles. The second-order valence-electron chi connectivity index (χ2n) is 5.28. The summed E-state index contributed by atoms with van der Waals surface area (Å²) in [6, 6.07) is 8.56. The Bertz CT molecular complexity index is 544. The van der Waals surface area contributed by atoms with Gasteiger partial charge >= 0.3 is 0 Å². The largest absolute Gasteiger partial charge is 0.378 e. The van der Waals surface area contributed by atoms with Crippen molar-refractivity contribution in [3.8, 4) is 11.1 Å². The SMILES string of the molecule is Ic1ccc(-c2cnn(CCCC3CCCO3)c2)cc1. The van der Waals surface area contributed by atoms with Crippen molar-refractivity contribution in [2.75, 3.05) is 6.61 Å². The van der Waals surface area contributed by atoms with E-state index in [-0.39, 0.29) is 0 Å². The lowest BCUT2D eigenvalue weighted by Crippen LogP contribution is -2.07. The van der Waals surface area contributed by atoms with Crippen molar-refractivity contribution in [1.29, 1.82) is 0 Å². The number of rotatable bonds is 5. The van der Waals surface area contributed by atoms with E-state index in [1.54, 1.807) is 0 Å². The Balaban J connectivity index is 1.55. The molecule has 0 saturated carbocycles. The highest BCUT2D eigenvalue weighted by atomic mass is 127. The lowest BCUT2D eigenvalue weighted by molar-refractivity contribution is 0.101. The number of ether oxygens (including phenoxy) is 1. The first-order valence-electron chi connectivity index (χ1n) is 7.21. The zero-order valence-corrected chi connectivity index (χ0v) is 13.6. The van der Waals surface area contributed by atoms with Gasteiger partial charge in [0.15, 0.2) is 0 Å². The van der Waals surface area contributed by atoms with Gasteiger partial charge in [-0.3, -0.25) is 4.68 Å². The fourth-order valence-electron chi connectivity index (χ4n) is 2.63. The van der Waals surface area contributed by atoms with Crippen LogP contribution >= 0.6 is 22.6 Å². The molecule has 106 valence electrons. The molecule has 0 aliphatic carbocycles. The third-order valence-corrected chi connectivity index (χ3v) is 4.47. The van der Waals surface area contributed by atoms with Gasteiger partial charge in [-0.05, 0) is 66.0 Å². The summed E-state index contributed by atoms with van der Waals surface area (Å²) in [4.78, 5) is 0. The molecule has 1 saturated heterocycles. The van der Waals surface area contributed by atoms with Gasteiger partial charge in [-0.1, -0.05) is 12.1 Å². The van der Waals surface area contributed by atoms with E-state index in [0.29, 0.717) is 6.10 Å². The van der Waals surface area contributed by atoms with Crippen LogP contribution in [-0.2, 0) is 11.3 Å². The third-order valence-electron chi connectivity index (χ3n) is 3.75. The number of nitrogens with zero attached hydrogens (tertiary/aromatic N) is 2. The van der Waals surface area contributed by atoms with Gasteiger partial charge in [0.25, 0.3) is 0 Å². The second-order valence-corrected chi connectivity index (χ2v) is 6.52. The van der Waals surface area contributed by atoms with Gasteiger partial charge in [-0.2, -0.15) is 5.10 Å². The number of aromatic nitrogens is 2. The normalized spacial score (nSPS) is 18.6. The molecule has 20 heavy (non-hydrogen) atoms. The number of hydrogen-bond acceptors (Lipinski definition) is 2. The van der Waals surface area contributed by atoms with Crippen molar-refractivity contribution in [1.82, 2.24) is 9.78 Å². The molecule has 0 N–H and O–H groups in total. The van der Waals surface area contributed by atoms with Crippen LogP contribution in [0.15, 0.2) is 36.7 Å². The summed E-state index contributed by atoms with van der Waals surface area (Å²) < 4.78 is 8.95. The van der Waals surface area contributed by atoms with Crippen molar-refractivity contribution in [2.45, 2.75) is 38.3 Å². The Labute approximate surface area is 133 Å². The highest BCUT2D eigenvalue weighted by Gasteiger charge is 2.14. The average molecular weight is 382 g/mol. The van der Waals surface area contributed by atoms with Crippen molar-refractivity contribution >= 4 is 22.6 Å². The van der Waals surface area contributed by atoms with Crippen molar-refractivity contribution < 1.29 is 4.74 Å². The van der Waals surface area contributed by atoms with Crippen LogP contribution in [0.25, 0.3) is 11.1 Å². The maximum absolute atomic E-state index is 5.65. The molecule has 2 heterocycles. The molecule has 0 radical (unpaired) electrons. The summed E-state index contributed by atoms with van der Waals surface area (Å²) in [6.45, 7) is 1.92. The standard InChI is InChI=1S/C16H19IN2O/c17-15-7-5-13(6-8-15)14-11-18-19(12-14)9-1-3-16-4-2-10-20-16/h5-8,11-12,16H,1-4,9-10H2. The first-order chi connectivity index (χ1) is 9.81. The molecule has 0 bridgehead atoms. The summed E-state index contributed by atoms with van der Waals surface area (Å²) >= 11 is 2.33.